The van der Waals surface area contributed by atoms with Gasteiger partial charge < -0.3 is 20.7 Å². The second-order valence-corrected chi connectivity index (χ2v) is 7.50. The van der Waals surface area contributed by atoms with Crippen LogP contribution in [0.4, 0.5) is 4.79 Å². The van der Waals surface area contributed by atoms with E-state index < -0.39 is 11.7 Å². The van der Waals surface area contributed by atoms with Crippen LogP contribution < -0.4 is 16.0 Å². The fourth-order valence-electron chi connectivity index (χ4n) is 2.05. The lowest BCUT2D eigenvalue weighted by Gasteiger charge is -2.19. The Bertz CT molecular complexity index is 699. The molecule has 0 spiro atoms. The highest BCUT2D eigenvalue weighted by molar-refractivity contribution is 6.30. The summed E-state index contributed by atoms with van der Waals surface area (Å²) in [6, 6.07) is 7.19. The summed E-state index contributed by atoms with van der Waals surface area (Å²) in [4.78, 5) is 34.9. The third-order valence-electron chi connectivity index (χ3n) is 3.27. The summed E-state index contributed by atoms with van der Waals surface area (Å²) in [5, 5.41) is 8.60. The lowest BCUT2D eigenvalue weighted by atomic mass is 10.2. The van der Waals surface area contributed by atoms with Gasteiger partial charge in [-0.05, 0) is 51.0 Å². The molecule has 3 amide bonds. The number of alkyl carbamates (subject to hydrolysis) is 1. The molecular formula is C20H28ClN3O4. The highest BCUT2D eigenvalue weighted by atomic mass is 35.5. The van der Waals surface area contributed by atoms with E-state index in [2.05, 4.69) is 16.0 Å². The average Bonchev–Trinajstić information content (AvgIpc) is 2.58. The predicted octanol–water partition coefficient (Wildman–Crippen LogP) is 2.89. The predicted molar refractivity (Wildman–Crippen MR) is 110 cm³/mol. The van der Waals surface area contributed by atoms with Crippen LogP contribution in [0.5, 0.6) is 0 Å². The van der Waals surface area contributed by atoms with Gasteiger partial charge in [0.2, 0.25) is 11.8 Å². The molecule has 0 heterocycles. The molecule has 3 N–H and O–H groups in total. The quantitative estimate of drug-likeness (QED) is 0.431. The van der Waals surface area contributed by atoms with Crippen molar-refractivity contribution in [2.45, 2.75) is 39.2 Å². The summed E-state index contributed by atoms with van der Waals surface area (Å²) in [5.41, 5.74) is 0.273. The van der Waals surface area contributed by atoms with Gasteiger partial charge in [-0.1, -0.05) is 23.7 Å². The third kappa shape index (κ3) is 12.0. The van der Waals surface area contributed by atoms with E-state index in [1.165, 1.54) is 6.08 Å². The minimum atomic E-state index is -0.569. The average molecular weight is 410 g/mol. The Hall–Kier alpha value is -2.54. The molecule has 0 aromatic heterocycles. The molecule has 0 bridgehead atoms. The first kappa shape index (κ1) is 23.5. The van der Waals surface area contributed by atoms with E-state index in [9.17, 15) is 14.4 Å². The minimum absolute atomic E-state index is 0.161. The maximum Gasteiger partial charge on any atom is 0.407 e. The van der Waals surface area contributed by atoms with Crippen LogP contribution in [0.2, 0.25) is 5.02 Å². The first-order valence-electron chi connectivity index (χ1n) is 9.11. The van der Waals surface area contributed by atoms with E-state index in [0.29, 0.717) is 24.5 Å². The number of nitrogens with one attached hydrogen (secondary N) is 3. The summed E-state index contributed by atoms with van der Waals surface area (Å²) in [7, 11) is 0. The first-order chi connectivity index (χ1) is 13.2. The summed E-state index contributed by atoms with van der Waals surface area (Å²) < 4.78 is 5.07. The number of ether oxygens (including phenoxy) is 1. The Labute approximate surface area is 170 Å². The molecule has 28 heavy (non-hydrogen) atoms. The number of halogens is 1. The maximum atomic E-state index is 11.7. The summed E-state index contributed by atoms with van der Waals surface area (Å²) in [5.74, 6) is -0.392. The van der Waals surface area contributed by atoms with Crippen molar-refractivity contribution in [3.05, 3.63) is 40.9 Å². The van der Waals surface area contributed by atoms with Gasteiger partial charge in [0.25, 0.3) is 0 Å². The second kappa shape index (κ2) is 12.0. The molecule has 0 saturated heterocycles. The number of rotatable bonds is 9. The van der Waals surface area contributed by atoms with Crippen molar-refractivity contribution in [2.24, 2.45) is 0 Å². The van der Waals surface area contributed by atoms with Crippen molar-refractivity contribution in [3.8, 4) is 0 Å². The molecule has 1 aromatic carbocycles. The Morgan fingerprint density at radius 3 is 2.46 bits per heavy atom. The highest BCUT2D eigenvalue weighted by Gasteiger charge is 2.15. The molecule has 0 atom stereocenters. The van der Waals surface area contributed by atoms with E-state index in [4.69, 9.17) is 16.3 Å². The summed E-state index contributed by atoms with van der Waals surface area (Å²) >= 11 is 5.88. The molecule has 0 unspecified atom stereocenters. The van der Waals surface area contributed by atoms with Crippen molar-refractivity contribution in [3.63, 3.8) is 0 Å². The standard InChI is InChI=1S/C20H28ClN3O4/c1-20(2,3)28-19(27)24-13-10-18(26)23-12-5-11-22-17(25)9-8-15-6-4-7-16(21)14-15/h4,6-9,14H,5,10-13H2,1-3H3,(H,22,25)(H,23,26)(H,24,27)/b9-8+. The number of hydrogen-bond donors (Lipinski definition) is 3. The molecule has 8 heteroatoms. The molecule has 0 fully saturated rings. The maximum absolute atomic E-state index is 11.7. The van der Waals surface area contributed by atoms with Gasteiger partial charge in [-0.3, -0.25) is 9.59 Å². The van der Waals surface area contributed by atoms with E-state index in [0.717, 1.165) is 5.56 Å². The van der Waals surface area contributed by atoms with Crippen LogP contribution in [0.15, 0.2) is 30.3 Å². The third-order valence-corrected chi connectivity index (χ3v) is 3.51. The molecule has 0 aliphatic carbocycles. The Balaban J connectivity index is 2.09. The van der Waals surface area contributed by atoms with Crippen LogP contribution in [0.25, 0.3) is 6.08 Å². The zero-order valence-electron chi connectivity index (χ0n) is 16.5. The van der Waals surface area contributed by atoms with Crippen LogP contribution in [-0.4, -0.2) is 43.1 Å². The Kier molecular flexibility index (Phi) is 10.1. The fourth-order valence-corrected chi connectivity index (χ4v) is 2.25. The van der Waals surface area contributed by atoms with Gasteiger partial charge in [0, 0.05) is 37.2 Å². The Morgan fingerprint density at radius 2 is 1.79 bits per heavy atom. The van der Waals surface area contributed by atoms with Gasteiger partial charge in [-0.15, -0.1) is 0 Å². The molecule has 1 rings (SSSR count). The molecule has 0 aliphatic heterocycles. The number of carbonyl (C=O) groups excluding carboxylic acids is 3. The van der Waals surface area contributed by atoms with Crippen LogP contribution in [0, 0.1) is 0 Å². The largest absolute Gasteiger partial charge is 0.444 e. The van der Waals surface area contributed by atoms with Crippen molar-refractivity contribution in [1.82, 2.24) is 16.0 Å². The van der Waals surface area contributed by atoms with Gasteiger partial charge in [0.1, 0.15) is 5.60 Å². The highest BCUT2D eigenvalue weighted by Crippen LogP contribution is 2.11. The topological polar surface area (TPSA) is 96.5 Å². The second-order valence-electron chi connectivity index (χ2n) is 7.06. The number of carbonyl (C=O) groups is 3. The minimum Gasteiger partial charge on any atom is -0.444 e. The zero-order valence-corrected chi connectivity index (χ0v) is 17.3. The van der Waals surface area contributed by atoms with Gasteiger partial charge in [-0.2, -0.15) is 0 Å². The van der Waals surface area contributed by atoms with Gasteiger partial charge in [0.05, 0.1) is 0 Å². The summed E-state index contributed by atoms with van der Waals surface area (Å²) in [6.07, 6.45) is 3.33. The molecular weight excluding hydrogens is 382 g/mol. The van der Waals surface area contributed by atoms with Crippen molar-refractivity contribution >= 4 is 35.6 Å². The fraction of sp³-hybridized carbons (Fsp3) is 0.450. The Morgan fingerprint density at radius 1 is 1.07 bits per heavy atom. The van der Waals surface area contributed by atoms with Crippen LogP contribution in [0.1, 0.15) is 39.2 Å². The SMILES string of the molecule is CC(C)(C)OC(=O)NCCC(=O)NCCCNC(=O)/C=C/c1cccc(Cl)c1. The number of hydrogen-bond acceptors (Lipinski definition) is 4. The van der Waals surface area contributed by atoms with Gasteiger partial charge in [0.15, 0.2) is 0 Å². The monoisotopic (exact) mass is 409 g/mol. The number of amides is 3. The molecule has 154 valence electrons. The normalized spacial score (nSPS) is 11.1. The molecule has 7 nitrogen and oxygen atoms in total. The van der Waals surface area contributed by atoms with Gasteiger partial charge in [-0.25, -0.2) is 4.79 Å². The van der Waals surface area contributed by atoms with E-state index >= 15 is 0 Å². The van der Waals surface area contributed by atoms with E-state index in [1.807, 2.05) is 12.1 Å². The lowest BCUT2D eigenvalue weighted by Crippen LogP contribution is -2.35. The van der Waals surface area contributed by atoms with Crippen LogP contribution in [0.3, 0.4) is 0 Å². The molecule has 0 radical (unpaired) electrons. The molecule has 0 aliphatic rings. The lowest BCUT2D eigenvalue weighted by molar-refractivity contribution is -0.120. The van der Waals surface area contributed by atoms with Crippen molar-refractivity contribution < 1.29 is 19.1 Å². The molecule has 1 aromatic rings. The summed E-state index contributed by atoms with van der Waals surface area (Å²) in [6.45, 7) is 6.38. The first-order valence-corrected chi connectivity index (χ1v) is 9.48. The van der Waals surface area contributed by atoms with Crippen LogP contribution >= 0.6 is 11.6 Å². The van der Waals surface area contributed by atoms with Crippen molar-refractivity contribution in [2.75, 3.05) is 19.6 Å². The zero-order chi connectivity index (χ0) is 21.0. The van der Waals surface area contributed by atoms with E-state index in [-0.39, 0.29) is 24.8 Å². The van der Waals surface area contributed by atoms with Gasteiger partial charge >= 0.3 is 6.09 Å². The smallest absolute Gasteiger partial charge is 0.407 e. The molecule has 0 saturated carbocycles. The van der Waals surface area contributed by atoms with Crippen LogP contribution in [-0.2, 0) is 14.3 Å². The van der Waals surface area contributed by atoms with E-state index in [1.54, 1.807) is 39.0 Å². The van der Waals surface area contributed by atoms with Crippen molar-refractivity contribution in [1.29, 1.82) is 0 Å². The number of benzene rings is 1.